The summed E-state index contributed by atoms with van der Waals surface area (Å²) in [6.07, 6.45) is 0.740. The predicted octanol–water partition coefficient (Wildman–Crippen LogP) is 2.55. The number of pyridine rings is 1. The van der Waals surface area contributed by atoms with Crippen LogP contribution in [-0.2, 0) is 6.42 Å². The summed E-state index contributed by atoms with van der Waals surface area (Å²) in [7, 11) is 4.04. The first-order valence-corrected chi connectivity index (χ1v) is 8.38. The summed E-state index contributed by atoms with van der Waals surface area (Å²) in [5.74, 6) is 0.737. The summed E-state index contributed by atoms with van der Waals surface area (Å²) >= 11 is 3.50. The molecule has 0 atom stereocenters. The number of rotatable bonds is 5. The van der Waals surface area contributed by atoms with Crippen LogP contribution in [0.2, 0.25) is 0 Å². The molecule has 0 amide bonds. The van der Waals surface area contributed by atoms with Crippen LogP contribution in [0.5, 0.6) is 0 Å². The Labute approximate surface area is 148 Å². The lowest BCUT2D eigenvalue weighted by molar-refractivity contribution is 0.409. The summed E-state index contributed by atoms with van der Waals surface area (Å²) in [6.45, 7) is 0.860. The van der Waals surface area contributed by atoms with Gasteiger partial charge < -0.3 is 10.6 Å². The molecular formula is C17H19BrN6. The average Bonchev–Trinajstić information content (AvgIpc) is 2.95. The van der Waals surface area contributed by atoms with E-state index in [1.54, 1.807) is 4.52 Å². The number of nitrogens with two attached hydrogens (primary N) is 1. The molecule has 0 saturated carbocycles. The van der Waals surface area contributed by atoms with E-state index < -0.39 is 0 Å². The van der Waals surface area contributed by atoms with E-state index in [4.69, 9.17) is 11.1 Å². The Bertz CT molecular complexity index is 899. The first kappa shape index (κ1) is 16.6. The molecule has 6 nitrogen and oxygen atoms in total. The third kappa shape index (κ3) is 3.32. The molecule has 0 saturated heterocycles. The van der Waals surface area contributed by atoms with Crippen molar-refractivity contribution in [3.8, 4) is 11.3 Å². The fraction of sp³-hybridized carbons (Fsp3) is 0.235. The highest BCUT2D eigenvalue weighted by Crippen LogP contribution is 2.25. The van der Waals surface area contributed by atoms with Crippen LogP contribution in [0.4, 0.5) is 0 Å². The van der Waals surface area contributed by atoms with Crippen molar-refractivity contribution in [3.63, 3.8) is 0 Å². The number of halogens is 1. The van der Waals surface area contributed by atoms with Crippen LogP contribution in [0.15, 0.2) is 40.9 Å². The van der Waals surface area contributed by atoms with Crippen LogP contribution in [0.1, 0.15) is 11.4 Å². The number of hydrogen-bond donors (Lipinski definition) is 2. The molecule has 1 aromatic carbocycles. The monoisotopic (exact) mass is 386 g/mol. The van der Waals surface area contributed by atoms with Crippen molar-refractivity contribution in [2.75, 3.05) is 20.6 Å². The molecule has 0 fully saturated rings. The molecule has 0 aliphatic rings. The second-order valence-electron chi connectivity index (χ2n) is 5.87. The average molecular weight is 387 g/mol. The molecule has 24 heavy (non-hydrogen) atoms. The van der Waals surface area contributed by atoms with Gasteiger partial charge in [0.15, 0.2) is 11.5 Å². The number of likely N-dealkylation sites (N-methyl/N-ethyl adjacent to an activating group) is 1. The van der Waals surface area contributed by atoms with Crippen LogP contribution in [0, 0.1) is 5.41 Å². The van der Waals surface area contributed by atoms with Gasteiger partial charge in [-0.1, -0.05) is 28.1 Å². The molecule has 3 N–H and O–H groups in total. The second kappa shape index (κ2) is 6.70. The maximum atomic E-state index is 7.79. The fourth-order valence-corrected chi connectivity index (χ4v) is 2.91. The van der Waals surface area contributed by atoms with Gasteiger partial charge in [0, 0.05) is 23.0 Å². The van der Waals surface area contributed by atoms with E-state index in [1.165, 1.54) is 0 Å². The fourth-order valence-electron chi connectivity index (χ4n) is 2.51. The lowest BCUT2D eigenvalue weighted by atomic mass is 10.1. The van der Waals surface area contributed by atoms with Crippen molar-refractivity contribution in [2.45, 2.75) is 6.42 Å². The second-order valence-corrected chi connectivity index (χ2v) is 6.79. The molecule has 0 aliphatic carbocycles. The van der Waals surface area contributed by atoms with Gasteiger partial charge in [-0.3, -0.25) is 5.41 Å². The molecule has 0 aliphatic heterocycles. The zero-order chi connectivity index (χ0) is 17.3. The summed E-state index contributed by atoms with van der Waals surface area (Å²) in [4.78, 5) is 6.70. The van der Waals surface area contributed by atoms with Gasteiger partial charge in [-0.25, -0.2) is 9.50 Å². The summed E-state index contributed by atoms with van der Waals surface area (Å²) in [5, 5.41) is 12.4. The van der Waals surface area contributed by atoms with E-state index >= 15 is 0 Å². The molecule has 2 heterocycles. The predicted molar refractivity (Wildman–Crippen MR) is 99.4 cm³/mol. The van der Waals surface area contributed by atoms with E-state index in [0.717, 1.165) is 34.5 Å². The minimum absolute atomic E-state index is 0.00708. The van der Waals surface area contributed by atoms with Gasteiger partial charge in [0.1, 0.15) is 5.84 Å². The topological polar surface area (TPSA) is 83.3 Å². The zero-order valence-electron chi connectivity index (χ0n) is 13.6. The number of nitrogens with zero attached hydrogens (tertiary/aromatic N) is 4. The molecule has 0 spiro atoms. The van der Waals surface area contributed by atoms with Crippen molar-refractivity contribution in [2.24, 2.45) is 5.73 Å². The maximum absolute atomic E-state index is 7.79. The van der Waals surface area contributed by atoms with Crippen molar-refractivity contribution in [1.82, 2.24) is 19.5 Å². The minimum atomic E-state index is -0.00708. The van der Waals surface area contributed by atoms with Gasteiger partial charge in [-0.2, -0.15) is 5.10 Å². The van der Waals surface area contributed by atoms with E-state index in [-0.39, 0.29) is 5.84 Å². The Hall–Kier alpha value is -2.25. The molecule has 3 rings (SSSR count). The van der Waals surface area contributed by atoms with Gasteiger partial charge in [0.2, 0.25) is 0 Å². The molecule has 0 radical (unpaired) electrons. The molecule has 7 heteroatoms. The highest BCUT2D eigenvalue weighted by Gasteiger charge is 2.15. The Balaban J connectivity index is 2.16. The third-order valence-corrected chi connectivity index (χ3v) is 4.21. The van der Waals surface area contributed by atoms with Crippen LogP contribution < -0.4 is 5.73 Å². The molecule has 0 bridgehead atoms. The Morgan fingerprint density at radius 3 is 2.75 bits per heavy atom. The first-order chi connectivity index (χ1) is 11.5. The van der Waals surface area contributed by atoms with Crippen LogP contribution >= 0.6 is 15.9 Å². The van der Waals surface area contributed by atoms with Crippen LogP contribution in [-0.4, -0.2) is 46.0 Å². The number of hydrogen-bond acceptors (Lipinski definition) is 4. The largest absolute Gasteiger partial charge is 0.384 e. The lowest BCUT2D eigenvalue weighted by Gasteiger charge is -2.07. The summed E-state index contributed by atoms with van der Waals surface area (Å²) in [6, 6.07) is 11.8. The SMILES string of the molecule is CN(C)CCc1nc2c(C(=N)N)ccc(-c3cccc(Br)c3)n2n1. The van der Waals surface area contributed by atoms with Gasteiger partial charge in [-0.15, -0.1) is 0 Å². The van der Waals surface area contributed by atoms with Gasteiger partial charge in [0.25, 0.3) is 0 Å². The number of amidine groups is 1. The Morgan fingerprint density at radius 1 is 1.29 bits per heavy atom. The van der Waals surface area contributed by atoms with Crippen LogP contribution in [0.25, 0.3) is 16.9 Å². The van der Waals surface area contributed by atoms with Gasteiger partial charge >= 0.3 is 0 Å². The standard InChI is InChI=1S/C17H19BrN6/c1-23(2)9-8-15-21-17-13(16(19)20)6-7-14(24(17)22-15)11-4-3-5-12(18)10-11/h3-7,10H,8-9H2,1-2H3,(H3,19,20). The summed E-state index contributed by atoms with van der Waals surface area (Å²) in [5.41, 5.74) is 8.86. The van der Waals surface area contributed by atoms with E-state index in [9.17, 15) is 0 Å². The highest BCUT2D eigenvalue weighted by molar-refractivity contribution is 9.10. The normalized spacial score (nSPS) is 11.3. The van der Waals surface area contributed by atoms with Gasteiger partial charge in [0.05, 0.1) is 11.3 Å². The number of aromatic nitrogens is 3. The zero-order valence-corrected chi connectivity index (χ0v) is 15.2. The van der Waals surface area contributed by atoms with E-state index in [2.05, 4.69) is 30.9 Å². The molecule has 3 aromatic rings. The minimum Gasteiger partial charge on any atom is -0.384 e. The Morgan fingerprint density at radius 2 is 2.08 bits per heavy atom. The first-order valence-electron chi connectivity index (χ1n) is 7.59. The summed E-state index contributed by atoms with van der Waals surface area (Å²) < 4.78 is 2.78. The number of nitrogen functional groups attached to an aromatic ring is 1. The van der Waals surface area contributed by atoms with E-state index in [0.29, 0.717) is 11.2 Å². The van der Waals surface area contributed by atoms with Gasteiger partial charge in [-0.05, 0) is 38.4 Å². The highest BCUT2D eigenvalue weighted by atomic mass is 79.9. The molecule has 2 aromatic heterocycles. The lowest BCUT2D eigenvalue weighted by Crippen LogP contribution is -2.15. The number of fused-ring (bicyclic) bond motifs is 1. The molecule has 0 unspecified atom stereocenters. The number of benzene rings is 1. The number of nitrogens with one attached hydrogen (secondary N) is 1. The van der Waals surface area contributed by atoms with Crippen molar-refractivity contribution < 1.29 is 0 Å². The maximum Gasteiger partial charge on any atom is 0.167 e. The van der Waals surface area contributed by atoms with E-state index in [1.807, 2.05) is 50.5 Å². The quantitative estimate of drug-likeness (QED) is 0.521. The third-order valence-electron chi connectivity index (χ3n) is 3.72. The smallest absolute Gasteiger partial charge is 0.167 e. The van der Waals surface area contributed by atoms with Crippen molar-refractivity contribution in [3.05, 3.63) is 52.3 Å². The molecular weight excluding hydrogens is 368 g/mol. The Kier molecular flexibility index (Phi) is 4.64. The van der Waals surface area contributed by atoms with Crippen molar-refractivity contribution >= 4 is 27.4 Å². The van der Waals surface area contributed by atoms with Crippen LogP contribution in [0.3, 0.4) is 0 Å². The van der Waals surface area contributed by atoms with Crippen molar-refractivity contribution in [1.29, 1.82) is 5.41 Å². The molecule has 124 valence electrons.